The van der Waals surface area contributed by atoms with E-state index < -0.39 is 11.7 Å². The van der Waals surface area contributed by atoms with Gasteiger partial charge in [-0.25, -0.2) is 14.1 Å². The molecule has 2 N–H and O–H groups in total. The van der Waals surface area contributed by atoms with Crippen molar-refractivity contribution in [2.24, 2.45) is 0 Å². The predicted octanol–water partition coefficient (Wildman–Crippen LogP) is 2.15. The third-order valence-electron chi connectivity index (χ3n) is 3.24. The standard InChI is InChI=1S/C16H13FN4O2/c17-14-7-12(4-5-15(14)21-10-18-9-19-21)16(23)20-13-3-1-2-11(6-13)8-22/h1-7,9-10,22H,8H2,(H,20,23). The molecule has 3 rings (SSSR count). The van der Waals surface area contributed by atoms with Crippen molar-refractivity contribution in [3.63, 3.8) is 0 Å². The molecule has 0 bridgehead atoms. The van der Waals surface area contributed by atoms with E-state index in [1.165, 1.54) is 29.5 Å². The largest absolute Gasteiger partial charge is 0.392 e. The summed E-state index contributed by atoms with van der Waals surface area (Å²) in [5.41, 5.74) is 1.60. The Kier molecular flexibility index (Phi) is 4.11. The Balaban J connectivity index is 1.81. The Morgan fingerprint density at radius 2 is 2.13 bits per heavy atom. The highest BCUT2D eigenvalue weighted by Gasteiger charge is 2.11. The summed E-state index contributed by atoms with van der Waals surface area (Å²) in [5.74, 6) is -1.02. The van der Waals surface area contributed by atoms with Crippen LogP contribution in [0, 0.1) is 5.82 Å². The molecule has 7 heteroatoms. The second kappa shape index (κ2) is 6.37. The van der Waals surface area contributed by atoms with Gasteiger partial charge in [-0.2, -0.15) is 5.10 Å². The van der Waals surface area contributed by atoms with E-state index in [1.54, 1.807) is 24.3 Å². The number of aliphatic hydroxyl groups is 1. The SMILES string of the molecule is O=C(Nc1cccc(CO)c1)c1ccc(-n2cncn2)c(F)c1. The number of carbonyl (C=O) groups excluding carboxylic acids is 1. The van der Waals surface area contributed by atoms with Gasteiger partial charge in [0.15, 0.2) is 0 Å². The number of nitrogens with one attached hydrogen (secondary N) is 1. The Morgan fingerprint density at radius 1 is 1.26 bits per heavy atom. The molecule has 1 amide bonds. The van der Waals surface area contributed by atoms with E-state index in [0.29, 0.717) is 11.3 Å². The first kappa shape index (κ1) is 14.9. The lowest BCUT2D eigenvalue weighted by molar-refractivity contribution is 0.102. The highest BCUT2D eigenvalue weighted by atomic mass is 19.1. The van der Waals surface area contributed by atoms with Crippen molar-refractivity contribution >= 4 is 11.6 Å². The molecule has 0 saturated carbocycles. The lowest BCUT2D eigenvalue weighted by Crippen LogP contribution is -2.13. The fraction of sp³-hybridized carbons (Fsp3) is 0.0625. The monoisotopic (exact) mass is 312 g/mol. The molecule has 2 aromatic carbocycles. The van der Waals surface area contributed by atoms with Gasteiger partial charge in [-0.1, -0.05) is 12.1 Å². The van der Waals surface area contributed by atoms with E-state index in [0.717, 1.165) is 6.07 Å². The zero-order valence-electron chi connectivity index (χ0n) is 12.0. The summed E-state index contributed by atoms with van der Waals surface area (Å²) < 4.78 is 15.4. The predicted molar refractivity (Wildman–Crippen MR) is 81.6 cm³/mol. The van der Waals surface area contributed by atoms with Crippen molar-refractivity contribution in [2.75, 3.05) is 5.32 Å². The molecule has 0 fully saturated rings. The van der Waals surface area contributed by atoms with Crippen LogP contribution in [-0.4, -0.2) is 25.8 Å². The van der Waals surface area contributed by atoms with Crippen LogP contribution in [0.3, 0.4) is 0 Å². The molecule has 1 heterocycles. The molecular weight excluding hydrogens is 299 g/mol. The van der Waals surface area contributed by atoms with E-state index in [9.17, 15) is 9.18 Å². The first-order chi connectivity index (χ1) is 11.2. The van der Waals surface area contributed by atoms with Gasteiger partial charge in [0, 0.05) is 11.3 Å². The van der Waals surface area contributed by atoms with Crippen molar-refractivity contribution in [3.05, 3.63) is 72.1 Å². The Hall–Kier alpha value is -3.06. The second-order valence-electron chi connectivity index (χ2n) is 4.82. The molecule has 0 unspecified atom stereocenters. The van der Waals surface area contributed by atoms with Crippen LogP contribution in [0.25, 0.3) is 5.69 Å². The van der Waals surface area contributed by atoms with E-state index >= 15 is 0 Å². The average Bonchev–Trinajstić information content (AvgIpc) is 3.09. The summed E-state index contributed by atoms with van der Waals surface area (Å²) in [6.45, 7) is -0.120. The van der Waals surface area contributed by atoms with Crippen LogP contribution in [0.5, 0.6) is 0 Å². The average molecular weight is 312 g/mol. The lowest BCUT2D eigenvalue weighted by Gasteiger charge is -2.08. The van der Waals surface area contributed by atoms with Gasteiger partial charge in [-0.15, -0.1) is 0 Å². The van der Waals surface area contributed by atoms with Gasteiger partial charge < -0.3 is 10.4 Å². The van der Waals surface area contributed by atoms with E-state index in [1.807, 2.05) is 0 Å². The normalized spacial score (nSPS) is 10.5. The fourth-order valence-corrected chi connectivity index (χ4v) is 2.12. The summed E-state index contributed by atoms with van der Waals surface area (Å²) in [6.07, 6.45) is 2.67. The molecule has 0 aliphatic carbocycles. The maximum absolute atomic E-state index is 14.1. The van der Waals surface area contributed by atoms with Crippen molar-refractivity contribution < 1.29 is 14.3 Å². The summed E-state index contributed by atoms with van der Waals surface area (Å²) in [5, 5.41) is 15.6. The van der Waals surface area contributed by atoms with Crippen LogP contribution in [0.2, 0.25) is 0 Å². The number of rotatable bonds is 4. The molecule has 0 atom stereocenters. The van der Waals surface area contributed by atoms with Gasteiger partial charge in [-0.05, 0) is 35.9 Å². The maximum Gasteiger partial charge on any atom is 0.255 e. The number of anilines is 1. The number of aliphatic hydroxyl groups excluding tert-OH is 1. The molecule has 1 aromatic heterocycles. The van der Waals surface area contributed by atoms with Crippen LogP contribution in [-0.2, 0) is 6.61 Å². The van der Waals surface area contributed by atoms with E-state index in [4.69, 9.17) is 5.11 Å². The number of aromatic nitrogens is 3. The Bertz CT molecular complexity index is 834. The minimum atomic E-state index is -0.577. The first-order valence-electron chi connectivity index (χ1n) is 6.83. The first-order valence-corrected chi connectivity index (χ1v) is 6.83. The van der Waals surface area contributed by atoms with E-state index in [2.05, 4.69) is 15.4 Å². The summed E-state index contributed by atoms with van der Waals surface area (Å²) in [6, 6.07) is 10.9. The number of halogens is 1. The fourth-order valence-electron chi connectivity index (χ4n) is 2.12. The quantitative estimate of drug-likeness (QED) is 0.773. The molecule has 116 valence electrons. The highest BCUT2D eigenvalue weighted by Crippen LogP contribution is 2.16. The van der Waals surface area contributed by atoms with Crippen molar-refractivity contribution in [3.8, 4) is 5.69 Å². The summed E-state index contributed by atoms with van der Waals surface area (Å²) in [4.78, 5) is 15.9. The van der Waals surface area contributed by atoms with Crippen LogP contribution < -0.4 is 5.32 Å². The van der Waals surface area contributed by atoms with Gasteiger partial charge in [0.25, 0.3) is 5.91 Å². The maximum atomic E-state index is 14.1. The van der Waals surface area contributed by atoms with Crippen molar-refractivity contribution in [1.29, 1.82) is 0 Å². The Morgan fingerprint density at radius 3 is 2.83 bits per heavy atom. The minimum absolute atomic E-state index is 0.120. The molecule has 0 aliphatic heterocycles. The van der Waals surface area contributed by atoms with Crippen LogP contribution in [0.1, 0.15) is 15.9 Å². The molecule has 0 radical (unpaired) electrons. The highest BCUT2D eigenvalue weighted by molar-refractivity contribution is 6.04. The van der Waals surface area contributed by atoms with Crippen LogP contribution in [0.4, 0.5) is 10.1 Å². The number of hydrogen-bond acceptors (Lipinski definition) is 4. The molecule has 0 aliphatic rings. The van der Waals surface area contributed by atoms with Gasteiger partial charge in [0.2, 0.25) is 0 Å². The number of nitrogens with zero attached hydrogens (tertiary/aromatic N) is 3. The summed E-state index contributed by atoms with van der Waals surface area (Å²) in [7, 11) is 0. The smallest absolute Gasteiger partial charge is 0.255 e. The molecular formula is C16H13FN4O2. The number of carbonyl (C=O) groups is 1. The third-order valence-corrected chi connectivity index (χ3v) is 3.24. The van der Waals surface area contributed by atoms with Crippen LogP contribution in [0.15, 0.2) is 55.1 Å². The number of amides is 1. The van der Waals surface area contributed by atoms with Gasteiger partial charge in [0.1, 0.15) is 24.2 Å². The number of benzene rings is 2. The molecule has 0 saturated heterocycles. The second-order valence-corrected chi connectivity index (χ2v) is 4.82. The van der Waals surface area contributed by atoms with Crippen molar-refractivity contribution in [2.45, 2.75) is 6.61 Å². The van der Waals surface area contributed by atoms with Gasteiger partial charge in [-0.3, -0.25) is 4.79 Å². The van der Waals surface area contributed by atoms with E-state index in [-0.39, 0.29) is 17.9 Å². The van der Waals surface area contributed by atoms with Crippen molar-refractivity contribution in [1.82, 2.24) is 14.8 Å². The van der Waals surface area contributed by atoms with Crippen LogP contribution >= 0.6 is 0 Å². The zero-order valence-corrected chi connectivity index (χ0v) is 12.0. The molecule has 3 aromatic rings. The summed E-state index contributed by atoms with van der Waals surface area (Å²) >= 11 is 0. The molecule has 23 heavy (non-hydrogen) atoms. The number of hydrogen-bond donors (Lipinski definition) is 2. The Labute approximate surface area is 131 Å². The van der Waals surface area contributed by atoms with Gasteiger partial charge >= 0.3 is 0 Å². The molecule has 6 nitrogen and oxygen atoms in total. The molecule has 0 spiro atoms. The lowest BCUT2D eigenvalue weighted by atomic mass is 10.1. The zero-order chi connectivity index (χ0) is 16.2. The van der Waals surface area contributed by atoms with Gasteiger partial charge in [0.05, 0.1) is 6.61 Å². The topological polar surface area (TPSA) is 80.0 Å². The minimum Gasteiger partial charge on any atom is -0.392 e. The third kappa shape index (κ3) is 3.24.